The maximum atomic E-state index is 11.7. The zero-order valence-electron chi connectivity index (χ0n) is 12.3. The van der Waals surface area contributed by atoms with Crippen LogP contribution in [0.15, 0.2) is 53.5 Å². The molecule has 0 radical (unpaired) electrons. The zero-order chi connectivity index (χ0) is 15.9. The van der Waals surface area contributed by atoms with Crippen LogP contribution in [0.3, 0.4) is 0 Å². The number of hydrogen-bond donors (Lipinski definition) is 1. The van der Waals surface area contributed by atoms with Gasteiger partial charge in [0.2, 0.25) is 0 Å². The number of pyridine rings is 1. The molecule has 0 amide bonds. The van der Waals surface area contributed by atoms with Crippen molar-refractivity contribution in [1.82, 2.24) is 4.57 Å². The van der Waals surface area contributed by atoms with E-state index in [-0.39, 0.29) is 11.0 Å². The van der Waals surface area contributed by atoms with Crippen LogP contribution in [-0.2, 0) is 0 Å². The molecular weight excluding hydrogens is 278 g/mol. The van der Waals surface area contributed by atoms with Crippen LogP contribution >= 0.6 is 0 Å². The minimum Gasteiger partial charge on any atom is -0.478 e. The van der Waals surface area contributed by atoms with Crippen molar-refractivity contribution in [3.8, 4) is 16.8 Å². The largest absolute Gasteiger partial charge is 0.478 e. The van der Waals surface area contributed by atoms with Crippen LogP contribution in [-0.4, -0.2) is 15.6 Å². The van der Waals surface area contributed by atoms with Gasteiger partial charge in [-0.25, -0.2) is 4.79 Å². The summed E-state index contributed by atoms with van der Waals surface area (Å²) in [7, 11) is 0. The third kappa shape index (κ3) is 2.19. The number of para-hydroxylation sites is 1. The van der Waals surface area contributed by atoms with Gasteiger partial charge in [0, 0.05) is 28.7 Å². The first-order chi connectivity index (χ1) is 10.5. The Bertz CT molecular complexity index is 894. The molecule has 110 valence electrons. The minimum atomic E-state index is -1.03. The third-order valence-corrected chi connectivity index (χ3v) is 3.86. The molecule has 1 N–H and O–H groups in total. The van der Waals surface area contributed by atoms with Crippen molar-refractivity contribution < 1.29 is 9.90 Å². The Morgan fingerprint density at radius 1 is 1.05 bits per heavy atom. The second kappa shape index (κ2) is 5.15. The second-order valence-corrected chi connectivity index (χ2v) is 5.30. The van der Waals surface area contributed by atoms with E-state index in [1.54, 1.807) is 6.92 Å². The average Bonchev–Trinajstić information content (AvgIpc) is 2.47. The first-order valence-corrected chi connectivity index (χ1v) is 6.94. The Kier molecular flexibility index (Phi) is 3.29. The number of fused-ring (bicyclic) bond motifs is 1. The molecule has 2 aliphatic rings. The lowest BCUT2D eigenvalue weighted by Gasteiger charge is -2.20. The number of rotatable bonds is 2. The molecule has 1 aliphatic heterocycles. The van der Waals surface area contributed by atoms with Crippen molar-refractivity contribution in [2.75, 3.05) is 0 Å². The summed E-state index contributed by atoms with van der Waals surface area (Å²) in [5.74, 6) is -1.03. The van der Waals surface area contributed by atoms with Gasteiger partial charge in [0.15, 0.2) is 5.43 Å². The normalized spacial score (nSPS) is 10.8. The molecule has 0 aromatic heterocycles. The molecule has 0 saturated carbocycles. The van der Waals surface area contributed by atoms with E-state index in [0.717, 1.165) is 16.8 Å². The summed E-state index contributed by atoms with van der Waals surface area (Å²) in [6, 6.07) is 12.5. The molecule has 0 spiro atoms. The van der Waals surface area contributed by atoms with Gasteiger partial charge in [-0.3, -0.25) is 4.79 Å². The van der Waals surface area contributed by atoms with Crippen molar-refractivity contribution in [3.63, 3.8) is 0 Å². The van der Waals surface area contributed by atoms with Crippen molar-refractivity contribution in [2.24, 2.45) is 0 Å². The summed E-state index contributed by atoms with van der Waals surface area (Å²) < 4.78 is 1.85. The maximum absolute atomic E-state index is 11.7. The summed E-state index contributed by atoms with van der Waals surface area (Å²) in [5.41, 5.74) is 3.50. The van der Waals surface area contributed by atoms with Crippen LogP contribution in [0.25, 0.3) is 16.8 Å². The molecule has 0 fully saturated rings. The van der Waals surface area contributed by atoms with E-state index >= 15 is 0 Å². The number of carboxylic acids is 1. The Balaban J connectivity index is 2.46. The number of carbonyl (C=O) groups is 1. The van der Waals surface area contributed by atoms with Gasteiger partial charge in [-0.15, -0.1) is 0 Å². The highest BCUT2D eigenvalue weighted by molar-refractivity contribution is 5.98. The number of aromatic nitrogens is 1. The fraction of sp³-hybridized carbons (Fsp3) is 0.111. The maximum Gasteiger partial charge on any atom is 0.338 e. The molecule has 22 heavy (non-hydrogen) atoms. The monoisotopic (exact) mass is 293 g/mol. The Morgan fingerprint density at radius 3 is 2.36 bits per heavy atom. The number of benzene rings is 2. The summed E-state index contributed by atoms with van der Waals surface area (Å²) in [5, 5.41) is 9.60. The zero-order valence-corrected chi connectivity index (χ0v) is 12.3. The average molecular weight is 293 g/mol. The predicted molar refractivity (Wildman–Crippen MR) is 85.1 cm³/mol. The Labute approximate surface area is 127 Å². The van der Waals surface area contributed by atoms with Crippen LogP contribution in [0.2, 0.25) is 0 Å². The van der Waals surface area contributed by atoms with Crippen LogP contribution in [0.4, 0.5) is 0 Å². The molecule has 0 unspecified atom stereocenters. The Morgan fingerprint density at radius 2 is 1.73 bits per heavy atom. The van der Waals surface area contributed by atoms with E-state index in [4.69, 9.17) is 0 Å². The lowest BCUT2D eigenvalue weighted by molar-refractivity contribution is 0.0696. The highest BCUT2D eigenvalue weighted by Gasteiger charge is 2.21. The van der Waals surface area contributed by atoms with Gasteiger partial charge in [-0.2, -0.15) is 0 Å². The fourth-order valence-electron chi connectivity index (χ4n) is 2.81. The number of nitrogens with zero attached hydrogens (tertiary/aromatic N) is 1. The highest BCUT2D eigenvalue weighted by Crippen LogP contribution is 2.31. The van der Waals surface area contributed by atoms with Crippen molar-refractivity contribution in [2.45, 2.75) is 13.8 Å². The SMILES string of the molecule is Cc1cc(=O)cc2c(C(=O)O)c(C)n(-c3ccccc3)cc1-2. The van der Waals surface area contributed by atoms with Crippen LogP contribution in [0.1, 0.15) is 21.6 Å². The summed E-state index contributed by atoms with van der Waals surface area (Å²) >= 11 is 0. The second-order valence-electron chi connectivity index (χ2n) is 5.30. The van der Waals surface area contributed by atoms with Gasteiger partial charge < -0.3 is 9.67 Å². The lowest BCUT2D eigenvalue weighted by atomic mass is 9.94. The number of hydrogen-bond acceptors (Lipinski definition) is 2. The van der Waals surface area contributed by atoms with Gasteiger partial charge in [-0.1, -0.05) is 18.2 Å². The molecule has 4 nitrogen and oxygen atoms in total. The van der Waals surface area contributed by atoms with E-state index in [1.165, 1.54) is 12.1 Å². The number of carboxylic acid groups (broad SMARTS) is 1. The topological polar surface area (TPSA) is 59.3 Å². The van der Waals surface area contributed by atoms with Crippen molar-refractivity contribution >= 4 is 5.97 Å². The highest BCUT2D eigenvalue weighted by atomic mass is 16.4. The van der Waals surface area contributed by atoms with E-state index in [1.807, 2.05) is 48.0 Å². The van der Waals surface area contributed by atoms with E-state index < -0.39 is 5.97 Å². The predicted octanol–water partition coefficient (Wildman–Crippen LogP) is 3.26. The molecule has 1 aromatic rings. The standard InChI is InChI=1S/C18H15NO3/c1-11-8-14(20)9-15-16(11)10-19(12(2)17(15)18(21)22)13-6-4-3-5-7-13/h3-10H,1-2H3,(H,21,22). The Hall–Kier alpha value is -2.88. The number of aromatic carboxylic acids is 1. The van der Waals surface area contributed by atoms with Crippen LogP contribution in [0.5, 0.6) is 0 Å². The molecule has 0 saturated heterocycles. The van der Waals surface area contributed by atoms with Crippen molar-refractivity contribution in [1.29, 1.82) is 0 Å². The van der Waals surface area contributed by atoms with Gasteiger partial charge in [0.1, 0.15) is 0 Å². The molecule has 4 heteroatoms. The van der Waals surface area contributed by atoms with Gasteiger partial charge in [0.25, 0.3) is 0 Å². The molecule has 1 aromatic carbocycles. The minimum absolute atomic E-state index is 0.169. The lowest BCUT2D eigenvalue weighted by Crippen LogP contribution is -2.14. The molecule has 1 heterocycles. The fourth-order valence-corrected chi connectivity index (χ4v) is 2.81. The van der Waals surface area contributed by atoms with E-state index in [0.29, 0.717) is 11.3 Å². The van der Waals surface area contributed by atoms with Gasteiger partial charge >= 0.3 is 5.97 Å². The summed E-state index contributed by atoms with van der Waals surface area (Å²) in [6.07, 6.45) is 1.89. The summed E-state index contributed by atoms with van der Waals surface area (Å²) in [6.45, 7) is 3.57. The molecular formula is C18H15NO3. The van der Waals surface area contributed by atoms with Crippen LogP contribution in [0, 0.1) is 13.8 Å². The third-order valence-electron chi connectivity index (χ3n) is 3.86. The first kappa shape index (κ1) is 14.1. The molecule has 1 aliphatic carbocycles. The van der Waals surface area contributed by atoms with E-state index in [9.17, 15) is 14.7 Å². The molecule has 0 atom stereocenters. The van der Waals surface area contributed by atoms with Crippen molar-refractivity contribution in [3.05, 3.63) is 75.7 Å². The number of aryl methyl sites for hydroxylation is 1. The van der Waals surface area contributed by atoms with Crippen LogP contribution < -0.4 is 5.43 Å². The summed E-state index contributed by atoms with van der Waals surface area (Å²) in [4.78, 5) is 23.5. The van der Waals surface area contributed by atoms with Gasteiger partial charge in [0.05, 0.1) is 5.56 Å². The quantitative estimate of drug-likeness (QED) is 0.789. The molecule has 0 bridgehead atoms. The smallest absolute Gasteiger partial charge is 0.338 e. The molecule has 3 rings (SSSR count). The van der Waals surface area contributed by atoms with Gasteiger partial charge in [-0.05, 0) is 43.7 Å². The van der Waals surface area contributed by atoms with E-state index in [2.05, 4.69) is 0 Å². The first-order valence-electron chi connectivity index (χ1n) is 6.94.